The second-order valence-corrected chi connectivity index (χ2v) is 11.0. The van der Waals surface area contributed by atoms with Crippen LogP contribution in [0.4, 0.5) is 0 Å². The molecule has 1 heterocycles. The van der Waals surface area contributed by atoms with Gasteiger partial charge in [0.1, 0.15) is 17.8 Å². The van der Waals surface area contributed by atoms with Crippen LogP contribution in [0.1, 0.15) is 34.6 Å². The van der Waals surface area contributed by atoms with E-state index in [-0.39, 0.29) is 5.57 Å². The molecule has 12 heteroatoms. The fourth-order valence-corrected chi connectivity index (χ4v) is 6.38. The fraction of sp³-hybridized carbons (Fsp3) is 0.615. The summed E-state index contributed by atoms with van der Waals surface area (Å²) in [7, 11) is 0. The minimum absolute atomic E-state index is 0.211. The Morgan fingerprint density at radius 2 is 1.61 bits per heavy atom. The van der Waals surface area contributed by atoms with Crippen molar-refractivity contribution in [2.24, 2.45) is 17.3 Å². The number of halogens is 2. The van der Waals surface area contributed by atoms with Gasteiger partial charge in [-0.1, -0.05) is 25.7 Å². The molecule has 0 radical (unpaired) electrons. The highest BCUT2D eigenvalue weighted by Gasteiger charge is 2.71. The van der Waals surface area contributed by atoms with E-state index in [0.717, 1.165) is 13.8 Å². The summed E-state index contributed by atoms with van der Waals surface area (Å²) in [6.45, 7) is 10.3. The van der Waals surface area contributed by atoms with Gasteiger partial charge in [-0.15, -0.1) is 23.2 Å². The number of carbonyl (C=O) groups is 4. The van der Waals surface area contributed by atoms with Crippen LogP contribution >= 0.6 is 23.2 Å². The average Bonchev–Trinajstić information content (AvgIpc) is 3.05. The number of ether oxygens (including phenoxy) is 4. The Hall–Kier alpha value is -2.40. The van der Waals surface area contributed by atoms with Gasteiger partial charge in [0, 0.05) is 32.1 Å². The maximum absolute atomic E-state index is 12.8. The molecule has 0 bridgehead atoms. The maximum atomic E-state index is 12.8. The molecular weight excluding hydrogens is 543 g/mol. The summed E-state index contributed by atoms with van der Waals surface area (Å²) in [5.41, 5.74) is -5.80. The summed E-state index contributed by atoms with van der Waals surface area (Å²) in [5, 5.41) is 23.3. The van der Waals surface area contributed by atoms with Crippen LogP contribution in [-0.4, -0.2) is 81.0 Å². The highest BCUT2D eigenvalue weighted by atomic mass is 35.5. The van der Waals surface area contributed by atoms with E-state index in [1.165, 1.54) is 38.2 Å². The molecule has 3 aliphatic rings. The second-order valence-electron chi connectivity index (χ2n) is 10.2. The standard InChI is InChI=1S/C26H32Cl2O10/c1-12-7-8-17(35-14(3)29)24(6)10-9-18(36-15(4)30)25(33,11-27)20(24)22(37-16(5)31)26(34)13(2)23(32)38-21(26)19(12)28/h7-10,13,17-22,33-34H,1,11H2,2-6H3/b8-7-/t13-,17-,18+,19-,20+,21-,22-,24+,25+,26-/m0/s1. The second kappa shape index (κ2) is 10.6. The van der Waals surface area contributed by atoms with Crippen LogP contribution in [0.2, 0.25) is 0 Å². The molecule has 0 spiro atoms. The smallest absolute Gasteiger partial charge is 0.312 e. The van der Waals surface area contributed by atoms with Gasteiger partial charge in [0.05, 0.1) is 17.2 Å². The van der Waals surface area contributed by atoms with E-state index < -0.39 is 88.0 Å². The van der Waals surface area contributed by atoms with Gasteiger partial charge in [0.25, 0.3) is 0 Å². The van der Waals surface area contributed by atoms with E-state index in [4.69, 9.17) is 42.1 Å². The molecule has 38 heavy (non-hydrogen) atoms. The number of hydrogen-bond acceptors (Lipinski definition) is 10. The average molecular weight is 575 g/mol. The summed E-state index contributed by atoms with van der Waals surface area (Å²) in [6.07, 6.45) is 0.139. The zero-order valence-electron chi connectivity index (χ0n) is 21.7. The van der Waals surface area contributed by atoms with Gasteiger partial charge >= 0.3 is 23.9 Å². The van der Waals surface area contributed by atoms with Crippen molar-refractivity contribution < 1.29 is 48.3 Å². The number of allylic oxidation sites excluding steroid dienone is 1. The number of fused-ring (bicyclic) bond motifs is 2. The van der Waals surface area contributed by atoms with Gasteiger partial charge in [-0.2, -0.15) is 0 Å². The number of hydrogen-bond donors (Lipinski definition) is 2. The van der Waals surface area contributed by atoms with Crippen LogP contribution in [0, 0.1) is 17.3 Å². The molecule has 2 aliphatic carbocycles. The van der Waals surface area contributed by atoms with Gasteiger partial charge in [-0.25, -0.2) is 0 Å². The minimum Gasteiger partial charge on any atom is -0.459 e. The van der Waals surface area contributed by atoms with Crippen LogP contribution in [0.25, 0.3) is 0 Å². The van der Waals surface area contributed by atoms with Crippen molar-refractivity contribution >= 4 is 47.1 Å². The zero-order valence-corrected chi connectivity index (χ0v) is 23.2. The number of carbonyl (C=O) groups excluding carboxylic acids is 4. The Kier molecular flexibility index (Phi) is 8.44. The molecule has 0 unspecified atom stereocenters. The normalized spacial score (nSPS) is 43.2. The Morgan fingerprint density at radius 3 is 2.13 bits per heavy atom. The molecule has 0 aromatic carbocycles. The maximum Gasteiger partial charge on any atom is 0.312 e. The van der Waals surface area contributed by atoms with Gasteiger partial charge < -0.3 is 29.2 Å². The van der Waals surface area contributed by atoms with Crippen LogP contribution in [0.15, 0.2) is 36.5 Å². The van der Waals surface area contributed by atoms with Crippen molar-refractivity contribution in [2.45, 2.75) is 75.6 Å². The molecule has 1 saturated heterocycles. The highest BCUT2D eigenvalue weighted by Crippen LogP contribution is 2.55. The summed E-state index contributed by atoms with van der Waals surface area (Å²) in [6, 6.07) is 0. The largest absolute Gasteiger partial charge is 0.459 e. The van der Waals surface area contributed by atoms with Crippen molar-refractivity contribution in [3.8, 4) is 0 Å². The lowest BCUT2D eigenvalue weighted by Gasteiger charge is -2.57. The fourth-order valence-electron chi connectivity index (χ4n) is 5.74. The molecule has 210 valence electrons. The molecule has 10 nitrogen and oxygen atoms in total. The predicted octanol–water partition coefficient (Wildman–Crippen LogP) is 1.97. The SMILES string of the molecule is C=C1/C=C\[C@H](OC(C)=O)[C@@]2(C)C=C[C@@H](OC(C)=O)[C@](O)(CCl)[C@@H]2[C@H](OC(C)=O)[C@]2(O)[C@@H](C)C(=O)O[C@H]2[C@H]1Cl. The van der Waals surface area contributed by atoms with Gasteiger partial charge in [-0.05, 0) is 24.6 Å². The quantitative estimate of drug-likeness (QED) is 0.221. The molecule has 0 aromatic heterocycles. The monoisotopic (exact) mass is 574 g/mol. The van der Waals surface area contributed by atoms with E-state index in [1.807, 2.05) is 0 Å². The van der Waals surface area contributed by atoms with Crippen molar-refractivity contribution in [3.05, 3.63) is 36.5 Å². The van der Waals surface area contributed by atoms with Crippen molar-refractivity contribution in [1.82, 2.24) is 0 Å². The number of rotatable bonds is 4. The highest BCUT2D eigenvalue weighted by molar-refractivity contribution is 6.23. The molecule has 1 aliphatic heterocycles. The lowest BCUT2D eigenvalue weighted by atomic mass is 9.54. The molecule has 0 saturated carbocycles. The van der Waals surface area contributed by atoms with Crippen LogP contribution < -0.4 is 0 Å². The molecule has 2 N–H and O–H groups in total. The first-order valence-electron chi connectivity index (χ1n) is 12.0. The zero-order chi connectivity index (χ0) is 28.8. The first-order chi connectivity index (χ1) is 17.5. The van der Waals surface area contributed by atoms with E-state index in [1.54, 1.807) is 6.92 Å². The Morgan fingerprint density at radius 1 is 1.05 bits per heavy atom. The lowest BCUT2D eigenvalue weighted by molar-refractivity contribution is -0.241. The minimum atomic E-state index is -2.33. The summed E-state index contributed by atoms with van der Waals surface area (Å²) < 4.78 is 22.2. The molecular formula is C26H32Cl2O10. The van der Waals surface area contributed by atoms with Gasteiger partial charge in [-0.3, -0.25) is 19.2 Å². The molecule has 0 amide bonds. The Balaban J connectivity index is 2.45. The van der Waals surface area contributed by atoms with Crippen LogP contribution in [0.5, 0.6) is 0 Å². The molecule has 3 rings (SSSR count). The third-order valence-electron chi connectivity index (χ3n) is 7.65. The summed E-state index contributed by atoms with van der Waals surface area (Å²) >= 11 is 13.0. The van der Waals surface area contributed by atoms with Crippen molar-refractivity contribution in [1.29, 1.82) is 0 Å². The first kappa shape index (κ1) is 30.1. The molecule has 10 atom stereocenters. The number of esters is 4. The topological polar surface area (TPSA) is 146 Å². The number of alkyl halides is 2. The lowest BCUT2D eigenvalue weighted by Crippen LogP contribution is -2.71. The molecule has 1 fully saturated rings. The van der Waals surface area contributed by atoms with E-state index in [9.17, 15) is 29.4 Å². The van der Waals surface area contributed by atoms with Crippen LogP contribution in [-0.2, 0) is 38.1 Å². The van der Waals surface area contributed by atoms with Crippen LogP contribution in [0.3, 0.4) is 0 Å². The predicted molar refractivity (Wildman–Crippen MR) is 135 cm³/mol. The Labute approximate surface area is 230 Å². The number of aliphatic hydroxyl groups is 2. The Bertz CT molecular complexity index is 1090. The first-order valence-corrected chi connectivity index (χ1v) is 12.9. The third-order valence-corrected chi connectivity index (χ3v) is 8.58. The summed E-state index contributed by atoms with van der Waals surface area (Å²) in [5.74, 6) is -6.44. The van der Waals surface area contributed by atoms with Crippen molar-refractivity contribution in [2.75, 3.05) is 5.88 Å². The van der Waals surface area contributed by atoms with E-state index in [0.29, 0.717) is 0 Å². The molecule has 0 aromatic rings. The third kappa shape index (κ3) is 4.87. The summed E-state index contributed by atoms with van der Waals surface area (Å²) in [4.78, 5) is 49.5. The van der Waals surface area contributed by atoms with E-state index >= 15 is 0 Å². The van der Waals surface area contributed by atoms with Gasteiger partial charge in [0.15, 0.2) is 17.8 Å². The van der Waals surface area contributed by atoms with Crippen molar-refractivity contribution in [3.63, 3.8) is 0 Å². The van der Waals surface area contributed by atoms with Gasteiger partial charge in [0.2, 0.25) is 0 Å². The van der Waals surface area contributed by atoms with E-state index in [2.05, 4.69) is 6.58 Å².